The van der Waals surface area contributed by atoms with E-state index in [0.717, 1.165) is 22.6 Å². The Morgan fingerprint density at radius 1 is 1.11 bits per heavy atom. The Balaban J connectivity index is 1.92. The van der Waals surface area contributed by atoms with Crippen LogP contribution in [0, 0.1) is 0 Å². The highest BCUT2D eigenvalue weighted by molar-refractivity contribution is 5.47. The predicted molar refractivity (Wildman–Crippen MR) is 72.9 cm³/mol. The maximum absolute atomic E-state index is 9.57. The van der Waals surface area contributed by atoms with Gasteiger partial charge in [0.1, 0.15) is 23.4 Å². The van der Waals surface area contributed by atoms with Crippen molar-refractivity contribution in [2.24, 2.45) is 0 Å². The molecule has 2 aromatic carbocycles. The third kappa shape index (κ3) is 2.01. The second kappa shape index (κ2) is 4.50. The molecule has 0 amide bonds. The van der Waals surface area contributed by atoms with Crippen molar-refractivity contribution in [2.75, 3.05) is 7.11 Å². The van der Waals surface area contributed by atoms with E-state index in [4.69, 9.17) is 9.47 Å². The van der Waals surface area contributed by atoms with Crippen molar-refractivity contribution in [3.05, 3.63) is 53.6 Å². The van der Waals surface area contributed by atoms with E-state index in [-0.39, 0.29) is 17.8 Å². The van der Waals surface area contributed by atoms with Gasteiger partial charge in [-0.1, -0.05) is 19.1 Å². The lowest BCUT2D eigenvalue weighted by Crippen LogP contribution is -2.06. The molecule has 2 atom stereocenters. The molecule has 0 aromatic heterocycles. The zero-order valence-electron chi connectivity index (χ0n) is 11.0. The number of fused-ring (bicyclic) bond motifs is 1. The van der Waals surface area contributed by atoms with E-state index in [2.05, 4.69) is 6.92 Å². The summed E-state index contributed by atoms with van der Waals surface area (Å²) >= 11 is 0. The molecular weight excluding hydrogens is 240 g/mol. The van der Waals surface area contributed by atoms with Gasteiger partial charge in [0.25, 0.3) is 0 Å². The summed E-state index contributed by atoms with van der Waals surface area (Å²) in [5.41, 5.74) is 2.17. The summed E-state index contributed by atoms with van der Waals surface area (Å²) in [6, 6.07) is 13.2. The second-order valence-electron chi connectivity index (χ2n) is 4.82. The predicted octanol–water partition coefficient (Wildman–Crippen LogP) is 3.64. The normalized spacial score (nSPS) is 20.7. The molecule has 0 radical (unpaired) electrons. The summed E-state index contributed by atoms with van der Waals surface area (Å²) < 4.78 is 11.1. The Kier molecular flexibility index (Phi) is 2.82. The van der Waals surface area contributed by atoms with E-state index < -0.39 is 0 Å². The number of phenols is 1. The molecule has 1 aliphatic rings. The average molecular weight is 256 g/mol. The number of rotatable bonds is 2. The molecule has 3 heteroatoms. The Labute approximate surface area is 112 Å². The fourth-order valence-electron chi connectivity index (χ4n) is 2.55. The minimum Gasteiger partial charge on any atom is -0.508 e. The maximum Gasteiger partial charge on any atom is 0.130 e. The van der Waals surface area contributed by atoms with Gasteiger partial charge in [0.15, 0.2) is 0 Å². The second-order valence-corrected chi connectivity index (χ2v) is 4.82. The topological polar surface area (TPSA) is 38.7 Å². The first-order valence-electron chi connectivity index (χ1n) is 6.32. The van der Waals surface area contributed by atoms with Gasteiger partial charge < -0.3 is 14.6 Å². The molecule has 19 heavy (non-hydrogen) atoms. The highest BCUT2D eigenvalue weighted by atomic mass is 16.5. The summed E-state index contributed by atoms with van der Waals surface area (Å²) in [4.78, 5) is 0. The molecule has 98 valence electrons. The third-order valence-electron chi connectivity index (χ3n) is 3.64. The van der Waals surface area contributed by atoms with Crippen LogP contribution in [0.5, 0.6) is 17.2 Å². The molecule has 0 spiro atoms. The minimum atomic E-state index is -0.0114. The summed E-state index contributed by atoms with van der Waals surface area (Å²) in [5, 5.41) is 9.57. The van der Waals surface area contributed by atoms with Crippen LogP contribution in [0.15, 0.2) is 42.5 Å². The smallest absolute Gasteiger partial charge is 0.130 e. The summed E-state index contributed by atoms with van der Waals surface area (Å²) in [7, 11) is 1.66. The molecule has 3 nitrogen and oxygen atoms in total. The average Bonchev–Trinajstić information content (AvgIpc) is 2.76. The molecule has 3 rings (SSSR count). The van der Waals surface area contributed by atoms with Crippen molar-refractivity contribution >= 4 is 0 Å². The van der Waals surface area contributed by atoms with Gasteiger partial charge in [-0.2, -0.15) is 0 Å². The molecule has 1 N–H and O–H groups in total. The number of hydrogen-bond donors (Lipinski definition) is 1. The first-order chi connectivity index (χ1) is 9.19. The van der Waals surface area contributed by atoms with Crippen LogP contribution in [0.2, 0.25) is 0 Å². The monoisotopic (exact) mass is 256 g/mol. The largest absolute Gasteiger partial charge is 0.508 e. The van der Waals surface area contributed by atoms with Crippen molar-refractivity contribution in [3.8, 4) is 17.2 Å². The van der Waals surface area contributed by atoms with E-state index in [0.29, 0.717) is 0 Å². The number of hydrogen-bond acceptors (Lipinski definition) is 3. The number of ether oxygens (including phenoxy) is 2. The van der Waals surface area contributed by atoms with Gasteiger partial charge in [-0.25, -0.2) is 0 Å². The number of aromatic hydroxyl groups is 1. The zero-order valence-corrected chi connectivity index (χ0v) is 11.0. The van der Waals surface area contributed by atoms with Crippen molar-refractivity contribution in [3.63, 3.8) is 0 Å². The molecule has 0 saturated heterocycles. The number of benzene rings is 2. The van der Waals surface area contributed by atoms with Crippen LogP contribution in [-0.4, -0.2) is 12.2 Å². The van der Waals surface area contributed by atoms with Gasteiger partial charge in [0, 0.05) is 11.5 Å². The first-order valence-corrected chi connectivity index (χ1v) is 6.32. The van der Waals surface area contributed by atoms with Crippen LogP contribution < -0.4 is 9.47 Å². The van der Waals surface area contributed by atoms with E-state index in [1.807, 2.05) is 30.3 Å². The lowest BCUT2D eigenvalue weighted by Gasteiger charge is -2.16. The molecule has 0 fully saturated rings. The highest BCUT2D eigenvalue weighted by Crippen LogP contribution is 2.46. The van der Waals surface area contributed by atoms with Crippen molar-refractivity contribution < 1.29 is 14.6 Å². The fraction of sp³-hybridized carbons (Fsp3) is 0.250. The van der Waals surface area contributed by atoms with Crippen LogP contribution in [0.4, 0.5) is 0 Å². The molecule has 0 unspecified atom stereocenters. The highest BCUT2D eigenvalue weighted by Gasteiger charge is 2.32. The summed E-state index contributed by atoms with van der Waals surface area (Å²) in [6.45, 7) is 2.11. The Morgan fingerprint density at radius 3 is 2.53 bits per heavy atom. The molecule has 0 bridgehead atoms. The van der Waals surface area contributed by atoms with E-state index >= 15 is 0 Å². The van der Waals surface area contributed by atoms with Gasteiger partial charge in [-0.05, 0) is 35.9 Å². The van der Waals surface area contributed by atoms with Crippen LogP contribution in [-0.2, 0) is 0 Å². The standard InChI is InChI=1S/C16H16O3/c1-10-14-9-12(17)5-8-15(14)19-16(10)11-3-6-13(18-2)7-4-11/h3-10,16-17H,1-2H3/t10-,16-/m1/s1. The van der Waals surface area contributed by atoms with Gasteiger partial charge in [0.2, 0.25) is 0 Å². The molecule has 0 saturated carbocycles. The van der Waals surface area contributed by atoms with Crippen molar-refractivity contribution in [1.29, 1.82) is 0 Å². The fourth-order valence-corrected chi connectivity index (χ4v) is 2.55. The Bertz CT molecular complexity index is 589. The Hall–Kier alpha value is -2.16. The Morgan fingerprint density at radius 2 is 1.84 bits per heavy atom. The van der Waals surface area contributed by atoms with Gasteiger partial charge in [-0.15, -0.1) is 0 Å². The van der Waals surface area contributed by atoms with E-state index in [9.17, 15) is 5.11 Å². The van der Waals surface area contributed by atoms with Crippen LogP contribution >= 0.6 is 0 Å². The van der Waals surface area contributed by atoms with Crippen molar-refractivity contribution in [2.45, 2.75) is 18.9 Å². The van der Waals surface area contributed by atoms with Crippen LogP contribution in [0.25, 0.3) is 0 Å². The quantitative estimate of drug-likeness (QED) is 0.891. The molecule has 1 heterocycles. The molecular formula is C16H16O3. The number of phenolic OH excluding ortho intramolecular Hbond substituents is 1. The van der Waals surface area contributed by atoms with Gasteiger partial charge >= 0.3 is 0 Å². The molecule has 1 aliphatic heterocycles. The van der Waals surface area contributed by atoms with E-state index in [1.54, 1.807) is 19.2 Å². The SMILES string of the molecule is COc1ccc([C@@H]2Oc3ccc(O)cc3[C@H]2C)cc1. The first kappa shape index (κ1) is 11.9. The summed E-state index contributed by atoms with van der Waals surface area (Å²) in [6.07, 6.45) is -0.0114. The zero-order chi connectivity index (χ0) is 13.4. The van der Waals surface area contributed by atoms with Crippen molar-refractivity contribution in [1.82, 2.24) is 0 Å². The van der Waals surface area contributed by atoms with Crippen LogP contribution in [0.1, 0.15) is 30.1 Å². The molecule has 2 aromatic rings. The summed E-state index contributed by atoms with van der Waals surface area (Å²) in [5.74, 6) is 2.19. The lowest BCUT2D eigenvalue weighted by molar-refractivity contribution is 0.216. The number of methoxy groups -OCH3 is 1. The lowest BCUT2D eigenvalue weighted by atomic mass is 9.93. The molecule has 0 aliphatic carbocycles. The van der Waals surface area contributed by atoms with Gasteiger partial charge in [-0.3, -0.25) is 0 Å². The van der Waals surface area contributed by atoms with E-state index in [1.165, 1.54) is 0 Å². The van der Waals surface area contributed by atoms with Crippen LogP contribution in [0.3, 0.4) is 0 Å². The maximum atomic E-state index is 9.57. The third-order valence-corrected chi connectivity index (χ3v) is 3.64. The van der Waals surface area contributed by atoms with Gasteiger partial charge in [0.05, 0.1) is 7.11 Å². The minimum absolute atomic E-state index is 0.0114.